The zero-order chi connectivity index (χ0) is 15.2. The number of carbonyl (C=O) groups is 1. The number of rotatable bonds is 5. The second-order valence-corrected chi connectivity index (χ2v) is 5.71. The fourth-order valence-corrected chi connectivity index (χ4v) is 2.85. The molecule has 2 rings (SSSR count). The van der Waals surface area contributed by atoms with Crippen molar-refractivity contribution in [3.05, 3.63) is 18.2 Å². The lowest BCUT2D eigenvalue weighted by molar-refractivity contribution is -0.117. The Kier molecular flexibility index (Phi) is 5.44. The Balaban J connectivity index is 1.89. The third kappa shape index (κ3) is 4.36. The van der Waals surface area contributed by atoms with E-state index in [1.165, 1.54) is 32.1 Å². The van der Waals surface area contributed by atoms with Gasteiger partial charge in [-0.1, -0.05) is 19.3 Å². The summed E-state index contributed by atoms with van der Waals surface area (Å²) in [5, 5.41) is 2.87. The second-order valence-electron chi connectivity index (χ2n) is 5.71. The molecule has 1 aliphatic carbocycles. The van der Waals surface area contributed by atoms with Gasteiger partial charge >= 0.3 is 0 Å². The lowest BCUT2D eigenvalue weighted by Gasteiger charge is -2.30. The Morgan fingerprint density at radius 2 is 2.10 bits per heavy atom. The maximum absolute atomic E-state index is 12.1. The van der Waals surface area contributed by atoms with Crippen LogP contribution in [0.15, 0.2) is 18.2 Å². The molecule has 0 heterocycles. The molecule has 1 amide bonds. The summed E-state index contributed by atoms with van der Waals surface area (Å²) < 4.78 is 5.10. The van der Waals surface area contributed by atoms with Crippen molar-refractivity contribution in [1.29, 1.82) is 0 Å². The molecular weight excluding hydrogens is 266 g/mol. The average molecular weight is 291 g/mol. The molecule has 3 N–H and O–H groups in total. The molecule has 0 radical (unpaired) electrons. The molecule has 0 spiro atoms. The SMILES string of the molecule is COc1ccc(NC(=O)CN(C)C2CCCCC2)c(N)c1. The largest absolute Gasteiger partial charge is 0.497 e. The molecule has 1 saturated carbocycles. The number of nitrogens with two attached hydrogens (primary N) is 1. The van der Waals surface area contributed by atoms with Gasteiger partial charge < -0.3 is 15.8 Å². The molecule has 0 aromatic heterocycles. The minimum Gasteiger partial charge on any atom is -0.497 e. The van der Waals surface area contributed by atoms with E-state index in [0.717, 1.165) is 0 Å². The van der Waals surface area contributed by atoms with E-state index < -0.39 is 0 Å². The number of methoxy groups -OCH3 is 1. The number of hydrogen-bond acceptors (Lipinski definition) is 4. The van der Waals surface area contributed by atoms with Gasteiger partial charge in [0.2, 0.25) is 5.91 Å². The van der Waals surface area contributed by atoms with Gasteiger partial charge in [0.25, 0.3) is 0 Å². The number of nitrogens with one attached hydrogen (secondary N) is 1. The summed E-state index contributed by atoms with van der Waals surface area (Å²) in [6.45, 7) is 0.399. The number of nitrogens with zero attached hydrogens (tertiary/aromatic N) is 1. The normalized spacial score (nSPS) is 16.0. The summed E-state index contributed by atoms with van der Waals surface area (Å²) in [5.41, 5.74) is 7.06. The minimum atomic E-state index is -0.0278. The van der Waals surface area contributed by atoms with Gasteiger partial charge in [0.15, 0.2) is 0 Å². The molecule has 0 saturated heterocycles. The van der Waals surface area contributed by atoms with Crippen molar-refractivity contribution in [2.75, 3.05) is 31.8 Å². The first-order valence-electron chi connectivity index (χ1n) is 7.53. The van der Waals surface area contributed by atoms with Crippen LogP contribution in [0.1, 0.15) is 32.1 Å². The number of anilines is 2. The van der Waals surface area contributed by atoms with Crippen molar-refractivity contribution in [3.8, 4) is 5.75 Å². The molecule has 21 heavy (non-hydrogen) atoms. The van der Waals surface area contributed by atoms with Gasteiger partial charge in [0, 0.05) is 12.1 Å². The highest BCUT2D eigenvalue weighted by Gasteiger charge is 2.20. The van der Waals surface area contributed by atoms with Crippen molar-refractivity contribution in [3.63, 3.8) is 0 Å². The van der Waals surface area contributed by atoms with E-state index in [1.807, 2.05) is 7.05 Å². The number of ether oxygens (including phenoxy) is 1. The highest BCUT2D eigenvalue weighted by molar-refractivity contribution is 5.95. The monoisotopic (exact) mass is 291 g/mol. The number of nitrogen functional groups attached to an aromatic ring is 1. The van der Waals surface area contributed by atoms with Crippen molar-refractivity contribution in [1.82, 2.24) is 4.90 Å². The standard InChI is InChI=1S/C16H25N3O2/c1-19(12-6-4-3-5-7-12)11-16(20)18-15-9-8-13(21-2)10-14(15)17/h8-10,12H,3-7,11,17H2,1-2H3,(H,18,20). The zero-order valence-electron chi connectivity index (χ0n) is 12.9. The van der Waals surface area contributed by atoms with Gasteiger partial charge in [-0.2, -0.15) is 0 Å². The molecule has 5 heteroatoms. The molecule has 116 valence electrons. The summed E-state index contributed by atoms with van der Waals surface area (Å²) in [4.78, 5) is 14.3. The first kappa shape index (κ1) is 15.6. The van der Waals surface area contributed by atoms with Crippen molar-refractivity contribution in [2.24, 2.45) is 0 Å². The number of amides is 1. The van der Waals surface area contributed by atoms with Crippen molar-refractivity contribution < 1.29 is 9.53 Å². The van der Waals surface area contributed by atoms with E-state index in [2.05, 4.69) is 10.2 Å². The Bertz CT molecular complexity index is 484. The molecule has 1 aromatic rings. The van der Waals surface area contributed by atoms with Crippen LogP contribution in [0, 0.1) is 0 Å². The number of carbonyl (C=O) groups excluding carboxylic acids is 1. The van der Waals surface area contributed by atoms with Crippen LogP contribution < -0.4 is 15.8 Å². The van der Waals surface area contributed by atoms with Crippen LogP contribution in [0.4, 0.5) is 11.4 Å². The second kappa shape index (κ2) is 7.31. The maximum Gasteiger partial charge on any atom is 0.238 e. The van der Waals surface area contributed by atoms with Crippen LogP contribution in [-0.2, 0) is 4.79 Å². The van der Waals surface area contributed by atoms with Crippen LogP contribution in [0.2, 0.25) is 0 Å². The van der Waals surface area contributed by atoms with Gasteiger partial charge in [-0.3, -0.25) is 9.69 Å². The lowest BCUT2D eigenvalue weighted by atomic mass is 9.94. The van der Waals surface area contributed by atoms with E-state index in [0.29, 0.717) is 29.7 Å². The van der Waals surface area contributed by atoms with E-state index in [4.69, 9.17) is 10.5 Å². The predicted molar refractivity (Wildman–Crippen MR) is 85.5 cm³/mol. The van der Waals surface area contributed by atoms with Crippen LogP contribution in [-0.4, -0.2) is 37.6 Å². The Hall–Kier alpha value is -1.75. The fourth-order valence-electron chi connectivity index (χ4n) is 2.85. The number of benzene rings is 1. The molecule has 0 atom stereocenters. The van der Waals surface area contributed by atoms with E-state index in [-0.39, 0.29) is 5.91 Å². The van der Waals surface area contributed by atoms with Gasteiger partial charge in [-0.15, -0.1) is 0 Å². The third-order valence-corrected chi connectivity index (χ3v) is 4.12. The van der Waals surface area contributed by atoms with Crippen LogP contribution in [0.5, 0.6) is 5.75 Å². The van der Waals surface area contributed by atoms with Crippen LogP contribution >= 0.6 is 0 Å². The Labute approximate surface area is 126 Å². The summed E-state index contributed by atoms with van der Waals surface area (Å²) in [5.74, 6) is 0.657. The first-order chi connectivity index (χ1) is 10.1. The zero-order valence-corrected chi connectivity index (χ0v) is 12.9. The van der Waals surface area contributed by atoms with Gasteiger partial charge in [-0.05, 0) is 32.0 Å². The molecule has 0 bridgehead atoms. The van der Waals surface area contributed by atoms with Crippen LogP contribution in [0.25, 0.3) is 0 Å². The molecule has 0 aliphatic heterocycles. The smallest absolute Gasteiger partial charge is 0.238 e. The van der Waals surface area contributed by atoms with E-state index in [1.54, 1.807) is 25.3 Å². The topological polar surface area (TPSA) is 67.6 Å². The summed E-state index contributed by atoms with van der Waals surface area (Å²) >= 11 is 0. The maximum atomic E-state index is 12.1. The third-order valence-electron chi connectivity index (χ3n) is 4.12. The van der Waals surface area contributed by atoms with Crippen molar-refractivity contribution >= 4 is 17.3 Å². The molecular formula is C16H25N3O2. The Morgan fingerprint density at radius 1 is 1.38 bits per heavy atom. The summed E-state index contributed by atoms with van der Waals surface area (Å²) in [6, 6.07) is 5.79. The Morgan fingerprint density at radius 3 is 2.71 bits per heavy atom. The summed E-state index contributed by atoms with van der Waals surface area (Å²) in [6.07, 6.45) is 6.23. The molecule has 1 aliphatic rings. The highest BCUT2D eigenvalue weighted by Crippen LogP contribution is 2.24. The van der Waals surface area contributed by atoms with Gasteiger partial charge in [0.05, 0.1) is 25.0 Å². The highest BCUT2D eigenvalue weighted by atomic mass is 16.5. The van der Waals surface area contributed by atoms with Crippen molar-refractivity contribution in [2.45, 2.75) is 38.1 Å². The summed E-state index contributed by atoms with van der Waals surface area (Å²) in [7, 11) is 3.61. The quantitative estimate of drug-likeness (QED) is 0.818. The average Bonchev–Trinajstić information content (AvgIpc) is 2.50. The van der Waals surface area contributed by atoms with E-state index >= 15 is 0 Å². The number of likely N-dealkylation sites (N-methyl/N-ethyl adjacent to an activating group) is 1. The van der Waals surface area contributed by atoms with Gasteiger partial charge in [-0.25, -0.2) is 0 Å². The predicted octanol–water partition coefficient (Wildman–Crippen LogP) is 2.48. The van der Waals surface area contributed by atoms with Gasteiger partial charge in [0.1, 0.15) is 5.75 Å². The first-order valence-corrected chi connectivity index (χ1v) is 7.53. The molecule has 0 unspecified atom stereocenters. The number of hydrogen-bond donors (Lipinski definition) is 2. The molecule has 1 aromatic carbocycles. The van der Waals surface area contributed by atoms with Crippen LogP contribution in [0.3, 0.4) is 0 Å². The molecule has 1 fully saturated rings. The minimum absolute atomic E-state index is 0.0278. The molecule has 5 nitrogen and oxygen atoms in total. The fraction of sp³-hybridized carbons (Fsp3) is 0.562. The van der Waals surface area contributed by atoms with E-state index in [9.17, 15) is 4.79 Å². The lowest BCUT2D eigenvalue weighted by Crippen LogP contribution is -2.39.